The van der Waals surface area contributed by atoms with Crippen molar-refractivity contribution in [2.24, 2.45) is 0 Å². The van der Waals surface area contributed by atoms with Crippen LogP contribution in [0.5, 0.6) is 0 Å². The minimum Gasteiger partial charge on any atom is -0.264 e. The fraction of sp³-hybridized carbons (Fsp3) is 0.0667. The van der Waals surface area contributed by atoms with Crippen LogP contribution in [0.25, 0.3) is 121 Å². The van der Waals surface area contributed by atoms with Crippen molar-refractivity contribution in [1.82, 2.24) is 28.2 Å². The van der Waals surface area contributed by atoms with Crippen LogP contribution < -0.4 is 18.3 Å². The summed E-state index contributed by atoms with van der Waals surface area (Å²) < 4.78 is 21.1. The standard InChI is InChI=1S/C60H34N10/c1-5-33-25-39-29-41-27-35-7-3-11-49-53(35)69(41)59(63-21-15-37-31-61-19-13-43(37)55(63)47(9-1)51(33)67(39)59)65-23-17-46-45(57(49)65)18-24-66-58(46)50-12-4-8-36-28-42-30-40-26-34-6-2-10-48-52(34)68(40)60(66,70(42)54(36)50)64-22-16-38-32-62-20-14-44(38)56(48)64/h1-28,31-32H,29-30H2/q+4. The third-order valence-corrected chi connectivity index (χ3v) is 17.4. The molecule has 2 spiro atoms. The lowest BCUT2D eigenvalue weighted by atomic mass is 9.93. The predicted octanol–water partition coefficient (Wildman–Crippen LogP) is 9.06. The number of para-hydroxylation sites is 4. The third-order valence-electron chi connectivity index (χ3n) is 17.4. The summed E-state index contributed by atoms with van der Waals surface area (Å²) in [5.74, 6) is -1.72. The summed E-state index contributed by atoms with van der Waals surface area (Å²) in [4.78, 5) is 9.21. The number of aromatic nitrogens is 10. The van der Waals surface area contributed by atoms with Crippen LogP contribution in [-0.2, 0) is 24.7 Å². The monoisotopic (exact) mass is 894 g/mol. The molecule has 10 aromatic heterocycles. The molecule has 10 heteroatoms. The minimum absolute atomic E-state index is 0.835. The van der Waals surface area contributed by atoms with E-state index < -0.39 is 11.8 Å². The van der Waals surface area contributed by atoms with Crippen LogP contribution in [0.15, 0.2) is 183 Å². The summed E-state index contributed by atoms with van der Waals surface area (Å²) in [6, 6.07) is 51.1. The fourth-order valence-electron chi connectivity index (χ4n) is 15.2. The molecule has 0 bridgehead atoms. The van der Waals surface area contributed by atoms with E-state index in [0.29, 0.717) is 0 Å². The maximum absolute atomic E-state index is 4.61. The van der Waals surface area contributed by atoms with E-state index in [9.17, 15) is 0 Å². The maximum atomic E-state index is 4.61. The molecule has 6 aliphatic rings. The summed E-state index contributed by atoms with van der Waals surface area (Å²) in [6.07, 6.45) is 19.1. The quantitative estimate of drug-likeness (QED) is 0.143. The van der Waals surface area contributed by atoms with Gasteiger partial charge in [-0.25, -0.2) is 18.3 Å². The number of rotatable bonds is 0. The molecule has 16 heterocycles. The number of benzene rings is 4. The second kappa shape index (κ2) is 10.7. The molecule has 10 nitrogen and oxygen atoms in total. The van der Waals surface area contributed by atoms with Crippen molar-refractivity contribution in [2.45, 2.75) is 24.7 Å². The largest absolute Gasteiger partial charge is 0.552 e. The lowest BCUT2D eigenvalue weighted by molar-refractivity contribution is -1.00. The van der Waals surface area contributed by atoms with E-state index in [4.69, 9.17) is 0 Å². The van der Waals surface area contributed by atoms with Crippen LogP contribution >= 0.6 is 0 Å². The summed E-state index contributed by atoms with van der Waals surface area (Å²) in [7, 11) is 0. The first-order valence-electron chi connectivity index (χ1n) is 24.3. The fourth-order valence-corrected chi connectivity index (χ4v) is 15.2. The lowest BCUT2D eigenvalue weighted by Crippen LogP contribution is -2.84. The summed E-state index contributed by atoms with van der Waals surface area (Å²) in [5.41, 5.74) is 20.0. The first-order valence-corrected chi connectivity index (χ1v) is 24.3. The Morgan fingerprint density at radius 1 is 0.343 bits per heavy atom. The highest BCUT2D eigenvalue weighted by molar-refractivity contribution is 6.10. The molecule has 0 amide bonds. The summed E-state index contributed by atoms with van der Waals surface area (Å²) in [6.45, 7) is 0. The summed E-state index contributed by atoms with van der Waals surface area (Å²) in [5, 5.41) is 12.1. The molecule has 4 aromatic carbocycles. The van der Waals surface area contributed by atoms with Crippen molar-refractivity contribution in [3.05, 3.63) is 206 Å². The Morgan fingerprint density at radius 3 is 1.03 bits per heavy atom. The first-order chi connectivity index (χ1) is 34.7. The minimum atomic E-state index is -0.858. The van der Waals surface area contributed by atoms with E-state index in [2.05, 4.69) is 205 Å². The Morgan fingerprint density at radius 2 is 0.671 bits per heavy atom. The molecular weight excluding hydrogens is 861 g/mol. The Balaban J connectivity index is 0.994. The molecule has 0 fully saturated rings. The SMILES string of the molecule is c1cc2c3c(c1)cc1n3C3(n4c(cc5cccc(c54)-c4c5cc[n+]6c(c5cc[n+]43)-c3cccc4cc5n(c34)C63n4c(cc6cccc(c64)-c4c6ccncc6cc[n+]43)C5)C1)[n+]1ccc3cnccc3c1-2. The van der Waals surface area contributed by atoms with Gasteiger partial charge in [0.15, 0.2) is 24.8 Å². The smallest absolute Gasteiger partial charge is 0.264 e. The third kappa shape index (κ3) is 3.27. The van der Waals surface area contributed by atoms with Crippen LogP contribution in [0.1, 0.15) is 22.8 Å². The van der Waals surface area contributed by atoms with E-state index in [-0.39, 0.29) is 0 Å². The Kier molecular flexibility index (Phi) is 5.21. The molecule has 320 valence electrons. The zero-order valence-corrected chi connectivity index (χ0v) is 37.2. The molecule has 2 atom stereocenters. The van der Waals surface area contributed by atoms with Crippen molar-refractivity contribution in [2.75, 3.05) is 0 Å². The lowest BCUT2D eigenvalue weighted by Gasteiger charge is -2.39. The van der Waals surface area contributed by atoms with Crippen LogP contribution in [0.4, 0.5) is 0 Å². The number of nitrogens with zero attached hydrogens (tertiary/aromatic N) is 10. The van der Waals surface area contributed by atoms with Gasteiger partial charge < -0.3 is 0 Å². The molecule has 0 aliphatic carbocycles. The van der Waals surface area contributed by atoms with E-state index in [1.54, 1.807) is 0 Å². The Labute approximate surface area is 396 Å². The van der Waals surface area contributed by atoms with E-state index in [1.165, 1.54) is 133 Å². The maximum Gasteiger partial charge on any atom is 0.552 e. The molecule has 0 N–H and O–H groups in total. The zero-order valence-electron chi connectivity index (χ0n) is 37.2. The molecule has 0 radical (unpaired) electrons. The van der Waals surface area contributed by atoms with E-state index in [0.717, 1.165) is 23.6 Å². The number of hydrogen-bond donors (Lipinski definition) is 0. The molecule has 6 aliphatic heterocycles. The van der Waals surface area contributed by atoms with E-state index in [1.807, 2.05) is 24.8 Å². The normalized spacial score (nSPS) is 18.6. The van der Waals surface area contributed by atoms with Gasteiger partial charge in [-0.05, 0) is 60.7 Å². The Bertz CT molecular complexity index is 4670. The van der Waals surface area contributed by atoms with Gasteiger partial charge in [0.2, 0.25) is 22.8 Å². The van der Waals surface area contributed by atoms with Gasteiger partial charge in [-0.15, -0.1) is 0 Å². The molecule has 0 saturated heterocycles. The highest BCUT2D eigenvalue weighted by Crippen LogP contribution is 2.52. The van der Waals surface area contributed by atoms with Crippen LogP contribution in [0.2, 0.25) is 0 Å². The predicted molar refractivity (Wildman–Crippen MR) is 266 cm³/mol. The highest BCUT2D eigenvalue weighted by atomic mass is 15.6. The number of pyridine rings is 6. The molecule has 70 heavy (non-hydrogen) atoms. The average Bonchev–Trinajstić information content (AvgIpc) is 4.19. The molecular formula is C60H34N10+4. The van der Waals surface area contributed by atoms with Gasteiger partial charge in [-0.2, -0.15) is 0 Å². The molecule has 14 aromatic rings. The van der Waals surface area contributed by atoms with Crippen LogP contribution in [0, 0.1) is 0 Å². The highest BCUT2D eigenvalue weighted by Gasteiger charge is 2.69. The van der Waals surface area contributed by atoms with Crippen molar-refractivity contribution < 1.29 is 18.3 Å². The average molecular weight is 895 g/mol. The van der Waals surface area contributed by atoms with Gasteiger partial charge in [0.1, 0.15) is 0 Å². The number of fused-ring (bicyclic) bond motifs is 15. The first kappa shape index (κ1) is 34.1. The number of hydrogen-bond acceptors (Lipinski definition) is 2. The molecule has 0 saturated carbocycles. The second-order valence-corrected chi connectivity index (χ2v) is 20.3. The van der Waals surface area contributed by atoms with Crippen molar-refractivity contribution in [3.63, 3.8) is 0 Å². The van der Waals surface area contributed by atoms with Crippen molar-refractivity contribution in [3.8, 4) is 45.0 Å². The van der Waals surface area contributed by atoms with Crippen molar-refractivity contribution in [1.29, 1.82) is 0 Å². The summed E-state index contributed by atoms with van der Waals surface area (Å²) >= 11 is 0. The van der Waals surface area contributed by atoms with Crippen molar-refractivity contribution >= 4 is 75.9 Å². The van der Waals surface area contributed by atoms with E-state index >= 15 is 0 Å². The van der Waals surface area contributed by atoms with Gasteiger partial charge in [0.25, 0.3) is 0 Å². The molecule has 2 unspecified atom stereocenters. The van der Waals surface area contributed by atoms with Gasteiger partial charge >= 0.3 is 11.8 Å². The Hall–Kier alpha value is -9.28. The zero-order chi connectivity index (χ0) is 44.7. The van der Waals surface area contributed by atoms with Gasteiger partial charge in [0, 0.05) is 117 Å². The van der Waals surface area contributed by atoms with Gasteiger partial charge in [-0.3, -0.25) is 9.97 Å². The van der Waals surface area contributed by atoms with Gasteiger partial charge in [-0.1, -0.05) is 66.8 Å². The molecule has 20 rings (SSSR count). The van der Waals surface area contributed by atoms with Gasteiger partial charge in [0.05, 0.1) is 65.9 Å². The van der Waals surface area contributed by atoms with Crippen LogP contribution in [-0.4, -0.2) is 28.2 Å². The topological polar surface area (TPSA) is 61.0 Å². The van der Waals surface area contributed by atoms with Crippen LogP contribution in [0.3, 0.4) is 0 Å². The second-order valence-electron chi connectivity index (χ2n) is 20.3.